The van der Waals surface area contributed by atoms with Crippen molar-refractivity contribution in [2.45, 2.75) is 26.3 Å². The fourth-order valence-corrected chi connectivity index (χ4v) is 1.41. The molecule has 0 atom stereocenters. The molecule has 0 aliphatic carbocycles. The van der Waals surface area contributed by atoms with E-state index in [9.17, 15) is 10.1 Å². The van der Waals surface area contributed by atoms with Crippen LogP contribution < -0.4 is 5.32 Å². The van der Waals surface area contributed by atoms with Crippen molar-refractivity contribution in [3.8, 4) is 0 Å². The van der Waals surface area contributed by atoms with Gasteiger partial charge in [-0.05, 0) is 46.5 Å². The van der Waals surface area contributed by atoms with E-state index in [0.29, 0.717) is 12.2 Å². The molecule has 0 spiro atoms. The summed E-state index contributed by atoms with van der Waals surface area (Å²) in [7, 11) is 3.98. The molecule has 0 amide bonds. The monoisotopic (exact) mass is 251 g/mol. The molecule has 100 valence electrons. The Morgan fingerprint density at radius 2 is 2.00 bits per heavy atom. The number of rotatable bonds is 5. The number of nitro groups is 1. The van der Waals surface area contributed by atoms with E-state index in [0.717, 1.165) is 5.56 Å². The average Bonchev–Trinajstić information content (AvgIpc) is 2.27. The van der Waals surface area contributed by atoms with Gasteiger partial charge in [0.25, 0.3) is 5.69 Å². The number of anilines is 1. The first kappa shape index (κ1) is 14.4. The third-order valence-electron chi connectivity index (χ3n) is 3.27. The summed E-state index contributed by atoms with van der Waals surface area (Å²) >= 11 is 0. The second kappa shape index (κ2) is 5.35. The Kier molecular flexibility index (Phi) is 4.29. The van der Waals surface area contributed by atoms with E-state index in [2.05, 4.69) is 24.1 Å². The maximum atomic E-state index is 11.0. The summed E-state index contributed by atoms with van der Waals surface area (Å²) in [6.45, 7) is 6.66. The molecule has 1 aromatic rings. The lowest BCUT2D eigenvalue weighted by molar-refractivity contribution is -0.384. The first-order valence-electron chi connectivity index (χ1n) is 5.90. The molecule has 0 bridgehead atoms. The number of benzene rings is 1. The molecule has 0 aliphatic rings. The smallest absolute Gasteiger partial charge is 0.292 e. The van der Waals surface area contributed by atoms with Gasteiger partial charge in [-0.3, -0.25) is 10.1 Å². The van der Waals surface area contributed by atoms with E-state index in [4.69, 9.17) is 0 Å². The van der Waals surface area contributed by atoms with Gasteiger partial charge in [-0.1, -0.05) is 6.07 Å². The van der Waals surface area contributed by atoms with Crippen molar-refractivity contribution in [2.24, 2.45) is 0 Å². The molecule has 1 N–H and O–H groups in total. The van der Waals surface area contributed by atoms with Crippen LogP contribution in [0.3, 0.4) is 0 Å². The van der Waals surface area contributed by atoms with Gasteiger partial charge in [-0.2, -0.15) is 0 Å². The van der Waals surface area contributed by atoms with E-state index >= 15 is 0 Å². The molecule has 0 aliphatic heterocycles. The molecule has 0 aromatic heterocycles. The predicted molar refractivity (Wildman–Crippen MR) is 74.1 cm³/mol. The first-order chi connectivity index (χ1) is 8.24. The maximum Gasteiger partial charge on any atom is 0.292 e. The lowest BCUT2D eigenvalue weighted by Crippen LogP contribution is -2.44. The van der Waals surface area contributed by atoms with Crippen molar-refractivity contribution in [1.82, 2.24) is 4.90 Å². The SMILES string of the molecule is Cc1ccc(NCC(C)(C)N(C)C)c([N+](=O)[O-])c1. The molecule has 1 aromatic carbocycles. The highest BCUT2D eigenvalue weighted by atomic mass is 16.6. The van der Waals surface area contributed by atoms with Crippen LogP contribution in [0.2, 0.25) is 0 Å². The van der Waals surface area contributed by atoms with Crippen LogP contribution in [0.15, 0.2) is 18.2 Å². The molecule has 0 heterocycles. The summed E-state index contributed by atoms with van der Waals surface area (Å²) < 4.78 is 0. The average molecular weight is 251 g/mol. The first-order valence-corrected chi connectivity index (χ1v) is 5.90. The highest BCUT2D eigenvalue weighted by Crippen LogP contribution is 2.26. The summed E-state index contributed by atoms with van der Waals surface area (Å²) in [5, 5.41) is 14.1. The Balaban J connectivity index is 2.89. The number of nitrogens with zero attached hydrogens (tertiary/aromatic N) is 2. The molecular formula is C13H21N3O2. The molecule has 5 nitrogen and oxygen atoms in total. The predicted octanol–water partition coefficient (Wildman–Crippen LogP) is 2.66. The second-order valence-electron chi connectivity index (χ2n) is 5.34. The zero-order chi connectivity index (χ0) is 13.9. The van der Waals surface area contributed by atoms with Gasteiger partial charge in [0.15, 0.2) is 0 Å². The quantitative estimate of drug-likeness (QED) is 0.645. The van der Waals surface area contributed by atoms with Crippen LogP contribution in [0.1, 0.15) is 19.4 Å². The lowest BCUT2D eigenvalue weighted by Gasteiger charge is -2.32. The van der Waals surface area contributed by atoms with E-state index in [-0.39, 0.29) is 16.1 Å². The largest absolute Gasteiger partial charge is 0.378 e. The minimum absolute atomic E-state index is 0.0707. The Morgan fingerprint density at radius 3 is 2.50 bits per heavy atom. The van der Waals surface area contributed by atoms with E-state index in [1.165, 1.54) is 0 Å². The molecule has 18 heavy (non-hydrogen) atoms. The van der Waals surface area contributed by atoms with Gasteiger partial charge in [0.1, 0.15) is 5.69 Å². The maximum absolute atomic E-state index is 11.0. The summed E-state index contributed by atoms with van der Waals surface area (Å²) in [6.07, 6.45) is 0. The van der Waals surface area contributed by atoms with Crippen molar-refractivity contribution in [3.63, 3.8) is 0 Å². The number of nitro benzene ring substituents is 1. The van der Waals surface area contributed by atoms with Gasteiger partial charge in [-0.15, -0.1) is 0 Å². The van der Waals surface area contributed by atoms with Crippen molar-refractivity contribution in [2.75, 3.05) is 26.0 Å². The standard InChI is InChI=1S/C13H21N3O2/c1-10-6-7-11(12(8-10)16(17)18)14-9-13(2,3)15(4)5/h6-8,14H,9H2,1-5H3. The molecule has 5 heteroatoms. The molecule has 0 unspecified atom stereocenters. The van der Waals surface area contributed by atoms with Gasteiger partial charge in [-0.25, -0.2) is 0 Å². The van der Waals surface area contributed by atoms with Crippen LogP contribution in [0, 0.1) is 17.0 Å². The zero-order valence-corrected chi connectivity index (χ0v) is 11.7. The van der Waals surface area contributed by atoms with Gasteiger partial charge in [0, 0.05) is 18.2 Å². The second-order valence-corrected chi connectivity index (χ2v) is 5.34. The Labute approximate surface area is 108 Å². The zero-order valence-electron chi connectivity index (χ0n) is 11.7. The summed E-state index contributed by atoms with van der Waals surface area (Å²) in [5.74, 6) is 0. The fourth-order valence-electron chi connectivity index (χ4n) is 1.41. The minimum atomic E-state index is -0.349. The van der Waals surface area contributed by atoms with Gasteiger partial charge in [0.2, 0.25) is 0 Å². The van der Waals surface area contributed by atoms with E-state index < -0.39 is 0 Å². The summed E-state index contributed by atoms with van der Waals surface area (Å²) in [4.78, 5) is 12.7. The highest BCUT2D eigenvalue weighted by molar-refractivity contribution is 5.62. The van der Waals surface area contributed by atoms with Crippen LogP contribution in [-0.2, 0) is 0 Å². The van der Waals surface area contributed by atoms with Crippen molar-refractivity contribution >= 4 is 11.4 Å². The van der Waals surface area contributed by atoms with E-state index in [1.807, 2.05) is 27.1 Å². The Bertz CT molecular complexity index is 442. The number of nitrogens with one attached hydrogen (secondary N) is 1. The van der Waals surface area contributed by atoms with Gasteiger partial charge >= 0.3 is 0 Å². The molecular weight excluding hydrogens is 230 g/mol. The molecule has 0 saturated carbocycles. The molecule has 1 rings (SSSR count). The van der Waals surface area contributed by atoms with Crippen LogP contribution in [-0.4, -0.2) is 36.0 Å². The number of hydrogen-bond donors (Lipinski definition) is 1. The van der Waals surface area contributed by atoms with Crippen LogP contribution in [0.25, 0.3) is 0 Å². The van der Waals surface area contributed by atoms with E-state index in [1.54, 1.807) is 12.1 Å². The van der Waals surface area contributed by atoms with Gasteiger partial charge in [0.05, 0.1) is 4.92 Å². The van der Waals surface area contributed by atoms with Crippen molar-refractivity contribution in [1.29, 1.82) is 0 Å². The highest BCUT2D eigenvalue weighted by Gasteiger charge is 2.22. The summed E-state index contributed by atoms with van der Waals surface area (Å²) in [5.41, 5.74) is 1.52. The third-order valence-corrected chi connectivity index (χ3v) is 3.27. The molecule has 0 saturated heterocycles. The number of likely N-dealkylation sites (N-methyl/N-ethyl adjacent to an activating group) is 1. The lowest BCUT2D eigenvalue weighted by atomic mass is 10.0. The summed E-state index contributed by atoms with van der Waals surface area (Å²) in [6, 6.07) is 5.22. The van der Waals surface area contributed by atoms with Crippen LogP contribution in [0.4, 0.5) is 11.4 Å². The van der Waals surface area contributed by atoms with Crippen molar-refractivity contribution in [3.05, 3.63) is 33.9 Å². The Morgan fingerprint density at radius 1 is 1.39 bits per heavy atom. The normalized spacial score (nSPS) is 11.7. The van der Waals surface area contributed by atoms with Gasteiger partial charge < -0.3 is 10.2 Å². The third kappa shape index (κ3) is 3.43. The topological polar surface area (TPSA) is 58.4 Å². The minimum Gasteiger partial charge on any atom is -0.378 e. The van der Waals surface area contributed by atoms with Crippen molar-refractivity contribution < 1.29 is 4.92 Å². The molecule has 0 fully saturated rings. The van der Waals surface area contributed by atoms with Crippen LogP contribution in [0.5, 0.6) is 0 Å². The number of aryl methyl sites for hydroxylation is 1. The molecule has 0 radical (unpaired) electrons. The van der Waals surface area contributed by atoms with Crippen LogP contribution >= 0.6 is 0 Å². The Hall–Kier alpha value is -1.62. The number of hydrogen-bond acceptors (Lipinski definition) is 4. The fraction of sp³-hybridized carbons (Fsp3) is 0.538.